The molecular formula is C19H29F3IN5O. The van der Waals surface area contributed by atoms with Gasteiger partial charge in [0, 0.05) is 31.1 Å². The van der Waals surface area contributed by atoms with Gasteiger partial charge < -0.3 is 16.0 Å². The van der Waals surface area contributed by atoms with Crippen molar-refractivity contribution < 1.29 is 18.0 Å². The smallest absolute Gasteiger partial charge is 0.357 e. The molecule has 1 aliphatic rings. The van der Waals surface area contributed by atoms with Crippen LogP contribution in [0.4, 0.5) is 18.9 Å². The lowest BCUT2D eigenvalue weighted by Gasteiger charge is -2.24. The van der Waals surface area contributed by atoms with Gasteiger partial charge in [0.25, 0.3) is 0 Å². The van der Waals surface area contributed by atoms with Crippen molar-refractivity contribution in [3.8, 4) is 0 Å². The van der Waals surface area contributed by atoms with E-state index in [0.29, 0.717) is 45.0 Å². The highest BCUT2D eigenvalue weighted by atomic mass is 127. The minimum Gasteiger partial charge on any atom is -0.357 e. The van der Waals surface area contributed by atoms with Crippen LogP contribution in [0.5, 0.6) is 0 Å². The average Bonchev–Trinajstić information content (AvgIpc) is 2.61. The predicted octanol–water partition coefficient (Wildman–Crippen LogP) is 3.17. The molecule has 0 aromatic heterocycles. The maximum absolute atomic E-state index is 12.3. The van der Waals surface area contributed by atoms with Gasteiger partial charge in [-0.1, -0.05) is 18.2 Å². The number of fused-ring (bicyclic) bond motifs is 1. The number of aliphatic imine (C=N–C) groups is 1. The summed E-state index contributed by atoms with van der Waals surface area (Å²) in [5.41, 5.74) is 1.89. The third-order valence-corrected chi connectivity index (χ3v) is 4.38. The average molecular weight is 527 g/mol. The van der Waals surface area contributed by atoms with Gasteiger partial charge in [0.1, 0.15) is 0 Å². The minimum absolute atomic E-state index is 0. The molecule has 1 aliphatic heterocycles. The molecule has 2 rings (SSSR count). The highest BCUT2D eigenvalue weighted by Crippen LogP contribution is 2.31. The fraction of sp³-hybridized carbons (Fsp3) is 0.579. The molecule has 0 fully saturated rings. The summed E-state index contributed by atoms with van der Waals surface area (Å²) in [5, 5.41) is 9.14. The van der Waals surface area contributed by atoms with E-state index >= 15 is 0 Å². The Hall–Kier alpha value is -1.56. The number of rotatable bonds is 8. The van der Waals surface area contributed by atoms with E-state index in [-0.39, 0.29) is 35.8 Å². The van der Waals surface area contributed by atoms with Gasteiger partial charge in [0.2, 0.25) is 5.91 Å². The molecular weight excluding hydrogens is 498 g/mol. The van der Waals surface area contributed by atoms with Crippen LogP contribution < -0.4 is 16.0 Å². The number of alkyl halides is 3. The molecule has 1 heterocycles. The number of carbonyl (C=O) groups excluding carboxylic acids is 1. The molecule has 6 nitrogen and oxygen atoms in total. The fourth-order valence-electron chi connectivity index (χ4n) is 3.15. The molecule has 29 heavy (non-hydrogen) atoms. The van der Waals surface area contributed by atoms with Crippen molar-refractivity contribution in [3.05, 3.63) is 29.8 Å². The quantitative estimate of drug-likeness (QED) is 0.210. The van der Waals surface area contributed by atoms with Crippen LogP contribution in [0, 0.1) is 0 Å². The lowest BCUT2D eigenvalue weighted by molar-refractivity contribution is -0.143. The highest BCUT2D eigenvalue weighted by Gasteiger charge is 2.28. The maximum Gasteiger partial charge on any atom is 0.401 e. The van der Waals surface area contributed by atoms with E-state index in [4.69, 9.17) is 0 Å². The molecule has 1 aromatic carbocycles. The molecule has 0 saturated heterocycles. The molecule has 0 saturated carbocycles. The number of nitrogens with zero attached hydrogens (tertiary/aromatic N) is 2. The molecule has 0 aliphatic carbocycles. The number of guanidine groups is 1. The van der Waals surface area contributed by atoms with Gasteiger partial charge in [-0.3, -0.25) is 14.7 Å². The summed E-state index contributed by atoms with van der Waals surface area (Å²) < 4.78 is 37.0. The Kier molecular flexibility index (Phi) is 10.7. The number of hydrogen-bond donors (Lipinski definition) is 3. The second-order valence-corrected chi connectivity index (χ2v) is 6.89. The van der Waals surface area contributed by atoms with E-state index in [2.05, 4.69) is 20.9 Å². The summed E-state index contributed by atoms with van der Waals surface area (Å²) in [6.45, 7) is 3.00. The van der Waals surface area contributed by atoms with Crippen LogP contribution in [0.25, 0.3) is 0 Å². The summed E-state index contributed by atoms with van der Waals surface area (Å²) in [4.78, 5) is 17.7. The van der Waals surface area contributed by atoms with E-state index in [0.717, 1.165) is 11.3 Å². The van der Waals surface area contributed by atoms with E-state index in [1.165, 1.54) is 11.9 Å². The molecule has 1 amide bonds. The largest absolute Gasteiger partial charge is 0.401 e. The highest BCUT2D eigenvalue weighted by molar-refractivity contribution is 14.0. The van der Waals surface area contributed by atoms with Gasteiger partial charge in [-0.2, -0.15) is 13.2 Å². The van der Waals surface area contributed by atoms with E-state index in [9.17, 15) is 18.0 Å². The summed E-state index contributed by atoms with van der Waals surface area (Å²) >= 11 is 0. The Balaban J connectivity index is 0.00000420. The van der Waals surface area contributed by atoms with Crippen molar-refractivity contribution in [3.63, 3.8) is 0 Å². The van der Waals surface area contributed by atoms with E-state index < -0.39 is 12.7 Å². The van der Waals surface area contributed by atoms with Gasteiger partial charge in [0.15, 0.2) is 5.96 Å². The monoisotopic (exact) mass is 527 g/mol. The van der Waals surface area contributed by atoms with Gasteiger partial charge in [-0.05, 0) is 38.6 Å². The van der Waals surface area contributed by atoms with Gasteiger partial charge in [-0.15, -0.1) is 24.0 Å². The zero-order chi connectivity index (χ0) is 20.6. The minimum atomic E-state index is -4.18. The van der Waals surface area contributed by atoms with E-state index in [1.54, 1.807) is 0 Å². The Labute approximate surface area is 186 Å². The normalized spacial score (nSPS) is 16.7. The first-order chi connectivity index (χ1) is 13.3. The van der Waals surface area contributed by atoms with Gasteiger partial charge in [-0.25, -0.2) is 0 Å². The third-order valence-electron chi connectivity index (χ3n) is 4.38. The lowest BCUT2D eigenvalue weighted by Crippen LogP contribution is -2.39. The number of halogens is 4. The second kappa shape index (κ2) is 12.2. The lowest BCUT2D eigenvalue weighted by atomic mass is 9.91. The first-order valence-corrected chi connectivity index (χ1v) is 9.44. The molecule has 10 heteroatoms. The molecule has 164 valence electrons. The number of nitrogens with one attached hydrogen (secondary N) is 3. The van der Waals surface area contributed by atoms with Crippen molar-refractivity contribution in [2.75, 3.05) is 45.1 Å². The van der Waals surface area contributed by atoms with Crippen LogP contribution in [-0.2, 0) is 4.79 Å². The Morgan fingerprint density at radius 1 is 1.31 bits per heavy atom. The van der Waals surface area contributed by atoms with Gasteiger partial charge in [0.05, 0.1) is 13.1 Å². The van der Waals surface area contributed by atoms with Crippen LogP contribution in [0.2, 0.25) is 0 Å². The Morgan fingerprint density at radius 3 is 2.72 bits per heavy atom. The topological polar surface area (TPSA) is 68.8 Å². The van der Waals surface area contributed by atoms with Crippen LogP contribution in [-0.4, -0.2) is 62.7 Å². The second-order valence-electron chi connectivity index (χ2n) is 6.89. The molecule has 0 spiro atoms. The standard InChI is InChI=1S/C19H28F3N5O.HI/c1-3-23-18(24-9-6-10-27(2)13-19(20,21)22)25-12-14-11-17(28)26-16-8-5-4-7-15(14)16;/h4-5,7-8,14H,3,6,9-13H2,1-2H3,(H,26,28)(H2,23,24,25);1H. The van der Waals surface area contributed by atoms with E-state index in [1.807, 2.05) is 31.2 Å². The van der Waals surface area contributed by atoms with Crippen molar-refractivity contribution in [1.82, 2.24) is 15.5 Å². The van der Waals surface area contributed by atoms with Crippen molar-refractivity contribution in [2.45, 2.75) is 31.9 Å². The van der Waals surface area contributed by atoms with Crippen molar-refractivity contribution in [2.24, 2.45) is 4.99 Å². The Bertz CT molecular complexity index is 684. The SMILES string of the molecule is CCNC(=NCC1CC(=O)Nc2ccccc21)NCCCN(C)CC(F)(F)F.I. The number of anilines is 1. The first-order valence-electron chi connectivity index (χ1n) is 9.44. The third kappa shape index (κ3) is 9.20. The molecule has 0 radical (unpaired) electrons. The predicted molar refractivity (Wildman–Crippen MR) is 120 cm³/mol. The summed E-state index contributed by atoms with van der Waals surface area (Å²) in [5.74, 6) is 0.576. The summed E-state index contributed by atoms with van der Waals surface area (Å²) in [6, 6.07) is 7.69. The zero-order valence-corrected chi connectivity index (χ0v) is 19.0. The number of hydrogen-bond acceptors (Lipinski definition) is 3. The number of para-hydroxylation sites is 1. The van der Waals surface area contributed by atoms with Crippen LogP contribution >= 0.6 is 24.0 Å². The number of carbonyl (C=O) groups is 1. The van der Waals surface area contributed by atoms with Crippen LogP contribution in [0.1, 0.15) is 31.2 Å². The fourth-order valence-corrected chi connectivity index (χ4v) is 3.15. The summed E-state index contributed by atoms with van der Waals surface area (Å²) in [7, 11) is 1.46. The van der Waals surface area contributed by atoms with Crippen LogP contribution in [0.3, 0.4) is 0 Å². The molecule has 1 unspecified atom stereocenters. The van der Waals surface area contributed by atoms with Crippen LogP contribution in [0.15, 0.2) is 29.3 Å². The molecule has 1 aromatic rings. The zero-order valence-electron chi connectivity index (χ0n) is 16.7. The molecule has 0 bridgehead atoms. The molecule has 3 N–H and O–H groups in total. The maximum atomic E-state index is 12.3. The summed E-state index contributed by atoms with van der Waals surface area (Å²) in [6.07, 6.45) is -3.24. The number of benzene rings is 1. The number of amides is 1. The van der Waals surface area contributed by atoms with Gasteiger partial charge >= 0.3 is 6.18 Å². The van der Waals surface area contributed by atoms with Crippen molar-refractivity contribution in [1.29, 1.82) is 0 Å². The Morgan fingerprint density at radius 2 is 2.03 bits per heavy atom. The van der Waals surface area contributed by atoms with Crippen molar-refractivity contribution >= 4 is 41.5 Å². The molecule has 1 atom stereocenters. The first kappa shape index (κ1) is 25.5.